The molecule has 2 aliphatic rings. The highest BCUT2D eigenvalue weighted by molar-refractivity contribution is 7.08. The molecule has 3 heterocycles. The predicted octanol–water partition coefficient (Wildman–Crippen LogP) is 3.41. The molecule has 0 N–H and O–H groups in total. The molecule has 2 fully saturated rings. The topological polar surface area (TPSA) is 40.6 Å². The van der Waals surface area contributed by atoms with Crippen LogP contribution in [0.15, 0.2) is 22.9 Å². The van der Waals surface area contributed by atoms with E-state index in [1.54, 1.807) is 17.4 Å². The molecular formula is C21H26N2O2S. The summed E-state index contributed by atoms with van der Waals surface area (Å²) in [5.74, 6) is 5.77. The van der Waals surface area contributed by atoms with Crippen LogP contribution in [-0.4, -0.2) is 47.8 Å². The number of hydrogen-bond donors (Lipinski definition) is 0. The molecule has 1 aromatic heterocycles. The van der Waals surface area contributed by atoms with Gasteiger partial charge in [-0.1, -0.05) is 12.8 Å². The lowest BCUT2D eigenvalue weighted by atomic mass is 9.78. The molecule has 138 valence electrons. The van der Waals surface area contributed by atoms with E-state index in [1.807, 2.05) is 32.7 Å². The van der Waals surface area contributed by atoms with Crippen LogP contribution in [0.1, 0.15) is 44.6 Å². The van der Waals surface area contributed by atoms with Crippen molar-refractivity contribution in [3.8, 4) is 11.8 Å². The quantitative estimate of drug-likeness (QED) is 0.604. The maximum Gasteiger partial charge on any atom is 0.298 e. The fraction of sp³-hybridized carbons (Fsp3) is 0.524. The minimum Gasteiger partial charge on any atom is -0.339 e. The summed E-state index contributed by atoms with van der Waals surface area (Å²) in [7, 11) is 0. The van der Waals surface area contributed by atoms with Crippen molar-refractivity contribution in [3.63, 3.8) is 0 Å². The molecule has 4 nitrogen and oxygen atoms in total. The first-order chi connectivity index (χ1) is 12.6. The van der Waals surface area contributed by atoms with Crippen molar-refractivity contribution in [1.29, 1.82) is 0 Å². The van der Waals surface area contributed by atoms with Gasteiger partial charge in [0.05, 0.1) is 0 Å². The largest absolute Gasteiger partial charge is 0.339 e. The summed E-state index contributed by atoms with van der Waals surface area (Å²) < 4.78 is 0. The van der Waals surface area contributed by atoms with Crippen molar-refractivity contribution in [1.82, 2.24) is 9.80 Å². The van der Waals surface area contributed by atoms with E-state index in [-0.39, 0.29) is 17.2 Å². The summed E-state index contributed by atoms with van der Waals surface area (Å²) in [6.07, 6.45) is 8.28. The number of carbonyl (C=O) groups is 2. The SMILES string of the molecule is CCCC#CC(=O)N1CCC2(CCN(C(=O)C=Cc3ccsc3)CC2)C1. The van der Waals surface area contributed by atoms with Gasteiger partial charge in [0.15, 0.2) is 0 Å². The molecule has 0 atom stereocenters. The van der Waals surface area contributed by atoms with Gasteiger partial charge in [0.1, 0.15) is 0 Å². The van der Waals surface area contributed by atoms with E-state index in [9.17, 15) is 9.59 Å². The molecule has 0 bridgehead atoms. The number of nitrogens with zero attached hydrogens (tertiary/aromatic N) is 2. The van der Waals surface area contributed by atoms with Gasteiger partial charge in [0.25, 0.3) is 5.91 Å². The lowest BCUT2D eigenvalue weighted by Crippen LogP contribution is -2.44. The number of unbranched alkanes of at least 4 members (excludes halogenated alkanes) is 1. The Bertz CT molecular complexity index is 719. The summed E-state index contributed by atoms with van der Waals surface area (Å²) >= 11 is 1.63. The van der Waals surface area contributed by atoms with Gasteiger partial charge in [-0.25, -0.2) is 0 Å². The maximum atomic E-state index is 12.4. The maximum absolute atomic E-state index is 12.4. The van der Waals surface area contributed by atoms with Crippen molar-refractivity contribution in [2.75, 3.05) is 26.2 Å². The van der Waals surface area contributed by atoms with Crippen LogP contribution in [0, 0.1) is 17.3 Å². The van der Waals surface area contributed by atoms with Gasteiger partial charge in [0, 0.05) is 38.7 Å². The van der Waals surface area contributed by atoms with Gasteiger partial charge in [-0.15, -0.1) is 0 Å². The second kappa shape index (κ2) is 8.55. The molecule has 0 unspecified atom stereocenters. The summed E-state index contributed by atoms with van der Waals surface area (Å²) in [4.78, 5) is 28.4. The fourth-order valence-corrected chi connectivity index (χ4v) is 4.33. The number of likely N-dealkylation sites (tertiary alicyclic amines) is 2. The lowest BCUT2D eigenvalue weighted by Gasteiger charge is -2.38. The number of amides is 2. The Kier molecular flexibility index (Phi) is 6.16. The van der Waals surface area contributed by atoms with Gasteiger partial charge < -0.3 is 9.80 Å². The third-order valence-electron chi connectivity index (χ3n) is 5.39. The zero-order valence-corrected chi connectivity index (χ0v) is 16.2. The highest BCUT2D eigenvalue weighted by Crippen LogP contribution is 2.40. The Morgan fingerprint density at radius 1 is 1.23 bits per heavy atom. The van der Waals surface area contributed by atoms with E-state index in [0.717, 1.165) is 63.8 Å². The summed E-state index contributed by atoms with van der Waals surface area (Å²) in [5.41, 5.74) is 1.25. The Hall–Kier alpha value is -2.06. The zero-order chi connectivity index (χ0) is 18.4. The van der Waals surface area contributed by atoms with E-state index in [0.29, 0.717) is 0 Å². The minimum absolute atomic E-state index is 0.0347. The van der Waals surface area contributed by atoms with Crippen LogP contribution in [0.2, 0.25) is 0 Å². The average molecular weight is 371 g/mol. The second-order valence-electron chi connectivity index (χ2n) is 7.24. The second-order valence-corrected chi connectivity index (χ2v) is 8.02. The van der Waals surface area contributed by atoms with Crippen LogP contribution in [0.25, 0.3) is 6.08 Å². The highest BCUT2D eigenvalue weighted by atomic mass is 32.1. The first-order valence-corrected chi connectivity index (χ1v) is 10.3. The van der Waals surface area contributed by atoms with E-state index >= 15 is 0 Å². The molecule has 1 aromatic rings. The Labute approximate surface area is 159 Å². The molecule has 0 aromatic carbocycles. The van der Waals surface area contributed by atoms with Crippen LogP contribution >= 0.6 is 11.3 Å². The van der Waals surface area contributed by atoms with Crippen molar-refractivity contribution in [3.05, 3.63) is 28.5 Å². The van der Waals surface area contributed by atoms with E-state index < -0.39 is 0 Å². The van der Waals surface area contributed by atoms with Crippen LogP contribution in [0.5, 0.6) is 0 Å². The molecule has 3 rings (SSSR count). The molecule has 0 saturated carbocycles. The molecule has 0 radical (unpaired) electrons. The average Bonchev–Trinajstić information content (AvgIpc) is 3.31. The minimum atomic E-state index is -0.0347. The molecule has 2 saturated heterocycles. The molecule has 0 aliphatic carbocycles. The van der Waals surface area contributed by atoms with Crippen LogP contribution in [0.3, 0.4) is 0 Å². The third kappa shape index (κ3) is 4.56. The zero-order valence-electron chi connectivity index (χ0n) is 15.4. The molecule has 2 aliphatic heterocycles. The Morgan fingerprint density at radius 3 is 2.62 bits per heavy atom. The number of thiophene rings is 1. The number of carbonyl (C=O) groups excluding carboxylic acids is 2. The van der Waals surface area contributed by atoms with Gasteiger partial charge in [0.2, 0.25) is 5.91 Å². The van der Waals surface area contributed by atoms with Gasteiger partial charge in [-0.3, -0.25) is 9.59 Å². The monoisotopic (exact) mass is 370 g/mol. The molecular weight excluding hydrogens is 344 g/mol. The van der Waals surface area contributed by atoms with E-state index in [4.69, 9.17) is 0 Å². The standard InChI is InChI=1S/C21H26N2O2S/c1-2-3-4-5-19(24)23-14-11-21(17-23)9-12-22(13-10-21)20(25)7-6-18-8-15-26-16-18/h6-8,15-16H,2-3,9-14,17H2,1H3. The van der Waals surface area contributed by atoms with Gasteiger partial charge >= 0.3 is 0 Å². The summed E-state index contributed by atoms with van der Waals surface area (Å²) in [6.45, 7) is 5.20. The predicted molar refractivity (Wildman–Crippen MR) is 105 cm³/mol. The third-order valence-corrected chi connectivity index (χ3v) is 6.09. The van der Waals surface area contributed by atoms with Crippen molar-refractivity contribution < 1.29 is 9.59 Å². The van der Waals surface area contributed by atoms with E-state index in [2.05, 4.69) is 18.8 Å². The smallest absolute Gasteiger partial charge is 0.298 e. The summed E-state index contributed by atoms with van der Waals surface area (Å²) in [5, 5.41) is 4.04. The van der Waals surface area contributed by atoms with Crippen LogP contribution in [-0.2, 0) is 9.59 Å². The van der Waals surface area contributed by atoms with E-state index in [1.165, 1.54) is 0 Å². The molecule has 5 heteroatoms. The number of rotatable bonds is 3. The normalized spacial score (nSPS) is 19.0. The van der Waals surface area contributed by atoms with Crippen molar-refractivity contribution in [2.24, 2.45) is 5.41 Å². The van der Waals surface area contributed by atoms with Crippen molar-refractivity contribution >= 4 is 29.2 Å². The number of piperidine rings is 1. The number of hydrogen-bond acceptors (Lipinski definition) is 3. The molecule has 2 amide bonds. The van der Waals surface area contributed by atoms with Gasteiger partial charge in [-0.05, 0) is 65.5 Å². The molecule has 26 heavy (non-hydrogen) atoms. The van der Waals surface area contributed by atoms with Crippen LogP contribution in [0.4, 0.5) is 0 Å². The highest BCUT2D eigenvalue weighted by Gasteiger charge is 2.42. The Morgan fingerprint density at radius 2 is 1.96 bits per heavy atom. The first-order valence-electron chi connectivity index (χ1n) is 9.39. The lowest BCUT2D eigenvalue weighted by molar-refractivity contribution is -0.129. The fourth-order valence-electron chi connectivity index (χ4n) is 3.70. The Balaban J connectivity index is 1.50. The van der Waals surface area contributed by atoms with Crippen molar-refractivity contribution in [2.45, 2.75) is 39.0 Å². The first kappa shape index (κ1) is 18.7. The molecule has 1 spiro atoms. The van der Waals surface area contributed by atoms with Crippen LogP contribution < -0.4 is 0 Å². The summed E-state index contributed by atoms with van der Waals surface area (Å²) in [6, 6.07) is 2.01. The van der Waals surface area contributed by atoms with Gasteiger partial charge in [-0.2, -0.15) is 11.3 Å².